The molecular weight excluding hydrogens is 198 g/mol. The molecule has 0 heterocycles. The molecule has 0 aromatic heterocycles. The van der Waals surface area contributed by atoms with Crippen LogP contribution in [-0.2, 0) is 4.79 Å². The Morgan fingerprint density at radius 1 is 1.29 bits per heavy atom. The minimum absolute atomic E-state index is 0.00198. The molecule has 1 unspecified atom stereocenters. The summed E-state index contributed by atoms with van der Waals surface area (Å²) in [6.45, 7) is 9.66. The van der Waals surface area contributed by atoms with E-state index in [2.05, 4.69) is 5.32 Å². The van der Waals surface area contributed by atoms with E-state index in [1.165, 1.54) is 0 Å². The van der Waals surface area contributed by atoms with Gasteiger partial charge in [0.25, 0.3) is 0 Å². The predicted octanol–water partition coefficient (Wildman–Crippen LogP) is 2.72. The number of carbonyl (C=O) groups excluding carboxylic acids is 1. The maximum absolute atomic E-state index is 11.7. The van der Waals surface area contributed by atoms with Gasteiger partial charge >= 0.3 is 0 Å². The lowest BCUT2D eigenvalue weighted by Crippen LogP contribution is -2.39. The Morgan fingerprint density at radius 2 is 1.79 bits per heavy atom. The van der Waals surface area contributed by atoms with E-state index in [1.54, 1.807) is 0 Å². The minimum atomic E-state index is -0.0516. The van der Waals surface area contributed by atoms with Crippen LogP contribution in [0.25, 0.3) is 0 Å². The molecule has 3 heteroatoms. The van der Waals surface area contributed by atoms with Crippen LogP contribution in [0.15, 0.2) is 11.6 Å². The fourth-order valence-electron chi connectivity index (χ4n) is 1.13. The molecular formula is C11H20ClNO. The van der Waals surface area contributed by atoms with Gasteiger partial charge in [0.1, 0.15) is 0 Å². The fourth-order valence-corrected chi connectivity index (χ4v) is 1.19. The minimum Gasteiger partial charge on any atom is -0.348 e. The third kappa shape index (κ3) is 4.14. The van der Waals surface area contributed by atoms with Crippen LogP contribution in [0.2, 0.25) is 0 Å². The molecule has 82 valence electrons. The van der Waals surface area contributed by atoms with Gasteiger partial charge in [0.15, 0.2) is 0 Å². The van der Waals surface area contributed by atoms with E-state index in [-0.39, 0.29) is 23.2 Å². The van der Waals surface area contributed by atoms with Gasteiger partial charge in [-0.2, -0.15) is 0 Å². The molecule has 0 spiro atoms. The normalized spacial score (nSPS) is 16.6. The van der Waals surface area contributed by atoms with Crippen molar-refractivity contribution >= 4 is 17.5 Å². The summed E-state index contributed by atoms with van der Waals surface area (Å²) in [5, 5.41) is 2.82. The molecule has 0 aromatic rings. The average Bonchev–Trinajstić information content (AvgIpc) is 2.04. The Hall–Kier alpha value is -0.500. The van der Waals surface area contributed by atoms with E-state index in [9.17, 15) is 4.79 Å². The Bertz CT molecular complexity index is 221. The molecule has 2 nitrogen and oxygen atoms in total. The van der Waals surface area contributed by atoms with Gasteiger partial charge in [0.05, 0.1) is 5.38 Å². The molecule has 0 saturated carbocycles. The average molecular weight is 218 g/mol. The maximum Gasteiger partial charge on any atom is 0.247 e. The largest absolute Gasteiger partial charge is 0.348 e. The van der Waals surface area contributed by atoms with Crippen molar-refractivity contribution in [2.75, 3.05) is 0 Å². The van der Waals surface area contributed by atoms with Crippen LogP contribution in [0.3, 0.4) is 0 Å². The Balaban J connectivity index is 4.34. The molecule has 0 bridgehead atoms. The molecule has 0 aliphatic heterocycles. The smallest absolute Gasteiger partial charge is 0.247 e. The van der Waals surface area contributed by atoms with Crippen molar-refractivity contribution in [2.24, 2.45) is 5.92 Å². The molecule has 0 aromatic carbocycles. The number of nitrogens with one attached hydrogen (secondary N) is 1. The summed E-state index contributed by atoms with van der Waals surface area (Å²) in [5.41, 5.74) is 0.814. The third-order valence-electron chi connectivity index (χ3n) is 2.24. The second-order valence-corrected chi connectivity index (χ2v) is 4.53. The van der Waals surface area contributed by atoms with Crippen molar-refractivity contribution in [3.8, 4) is 0 Å². The molecule has 2 atom stereocenters. The SMILES string of the molecule is C/C=C(\C(=O)N[C@@H](C)C(C)Cl)C(C)C. The summed E-state index contributed by atoms with van der Waals surface area (Å²) in [5.74, 6) is 0.236. The van der Waals surface area contributed by atoms with Crippen LogP contribution >= 0.6 is 11.6 Å². The molecule has 0 radical (unpaired) electrons. The van der Waals surface area contributed by atoms with Gasteiger partial charge in [-0.05, 0) is 26.7 Å². The molecule has 1 amide bonds. The van der Waals surface area contributed by atoms with Crippen LogP contribution in [0.4, 0.5) is 0 Å². The number of amides is 1. The lowest BCUT2D eigenvalue weighted by molar-refractivity contribution is -0.118. The molecule has 14 heavy (non-hydrogen) atoms. The number of halogens is 1. The maximum atomic E-state index is 11.7. The highest BCUT2D eigenvalue weighted by Crippen LogP contribution is 2.10. The Morgan fingerprint density at radius 3 is 2.07 bits per heavy atom. The molecule has 1 N–H and O–H groups in total. The Kier molecular flexibility index (Phi) is 5.86. The number of allylic oxidation sites excluding steroid dienone is 1. The number of hydrogen-bond donors (Lipinski definition) is 1. The zero-order valence-corrected chi connectivity index (χ0v) is 10.4. The zero-order valence-electron chi connectivity index (χ0n) is 9.60. The van der Waals surface area contributed by atoms with E-state index >= 15 is 0 Å². The first-order valence-corrected chi connectivity index (χ1v) is 5.44. The van der Waals surface area contributed by atoms with Gasteiger partial charge < -0.3 is 5.32 Å². The lowest BCUT2D eigenvalue weighted by Gasteiger charge is -2.18. The van der Waals surface area contributed by atoms with Gasteiger partial charge in [-0.1, -0.05) is 19.9 Å². The Labute approximate surface area is 91.7 Å². The number of hydrogen-bond acceptors (Lipinski definition) is 1. The molecule has 0 saturated heterocycles. The molecule has 0 aliphatic rings. The van der Waals surface area contributed by atoms with Gasteiger partial charge in [0.2, 0.25) is 5.91 Å². The summed E-state index contributed by atoms with van der Waals surface area (Å²) in [4.78, 5) is 11.7. The van der Waals surface area contributed by atoms with Gasteiger partial charge in [-0.15, -0.1) is 11.6 Å². The fraction of sp³-hybridized carbons (Fsp3) is 0.727. The topological polar surface area (TPSA) is 29.1 Å². The predicted molar refractivity (Wildman–Crippen MR) is 61.5 cm³/mol. The van der Waals surface area contributed by atoms with Crippen LogP contribution < -0.4 is 5.32 Å². The molecule has 0 aliphatic carbocycles. The summed E-state index contributed by atoms with van der Waals surface area (Å²) < 4.78 is 0. The van der Waals surface area contributed by atoms with E-state index in [1.807, 2.05) is 40.7 Å². The van der Waals surface area contributed by atoms with Crippen molar-refractivity contribution in [3.05, 3.63) is 11.6 Å². The highest BCUT2D eigenvalue weighted by atomic mass is 35.5. The standard InChI is InChI=1S/C11H20ClNO/c1-6-10(7(2)3)11(14)13-9(5)8(4)12/h6-9H,1-5H3,(H,13,14)/b10-6-/t8?,9-/m0/s1. The van der Waals surface area contributed by atoms with Crippen molar-refractivity contribution in [3.63, 3.8) is 0 Å². The first-order chi connectivity index (χ1) is 6.40. The van der Waals surface area contributed by atoms with Crippen LogP contribution in [0.1, 0.15) is 34.6 Å². The van der Waals surface area contributed by atoms with Crippen LogP contribution in [0, 0.1) is 5.92 Å². The third-order valence-corrected chi connectivity index (χ3v) is 2.62. The van der Waals surface area contributed by atoms with Crippen LogP contribution in [-0.4, -0.2) is 17.3 Å². The summed E-state index contributed by atoms with van der Waals surface area (Å²) >= 11 is 5.87. The van der Waals surface area contributed by atoms with E-state index < -0.39 is 0 Å². The highest BCUT2D eigenvalue weighted by Gasteiger charge is 2.16. The van der Waals surface area contributed by atoms with Crippen LogP contribution in [0.5, 0.6) is 0 Å². The van der Waals surface area contributed by atoms with Crippen molar-refractivity contribution < 1.29 is 4.79 Å². The first-order valence-electron chi connectivity index (χ1n) is 5.01. The summed E-state index contributed by atoms with van der Waals surface area (Å²) in [6, 6.07) is -0.00198. The second-order valence-electron chi connectivity index (χ2n) is 3.84. The quantitative estimate of drug-likeness (QED) is 0.570. The summed E-state index contributed by atoms with van der Waals surface area (Å²) in [7, 11) is 0. The summed E-state index contributed by atoms with van der Waals surface area (Å²) in [6.07, 6.45) is 1.85. The monoisotopic (exact) mass is 217 g/mol. The van der Waals surface area contributed by atoms with E-state index in [0.717, 1.165) is 5.57 Å². The molecule has 0 rings (SSSR count). The number of rotatable bonds is 4. The zero-order chi connectivity index (χ0) is 11.3. The number of alkyl halides is 1. The van der Waals surface area contributed by atoms with Gasteiger partial charge in [0, 0.05) is 11.6 Å². The second kappa shape index (κ2) is 6.07. The number of carbonyl (C=O) groups is 1. The molecule has 0 fully saturated rings. The van der Waals surface area contributed by atoms with Crippen molar-refractivity contribution in [1.29, 1.82) is 0 Å². The van der Waals surface area contributed by atoms with Crippen molar-refractivity contribution in [2.45, 2.75) is 46.0 Å². The highest BCUT2D eigenvalue weighted by molar-refractivity contribution is 6.21. The van der Waals surface area contributed by atoms with E-state index in [0.29, 0.717) is 0 Å². The van der Waals surface area contributed by atoms with Crippen molar-refractivity contribution in [1.82, 2.24) is 5.32 Å². The van der Waals surface area contributed by atoms with Gasteiger partial charge in [-0.25, -0.2) is 0 Å². The van der Waals surface area contributed by atoms with Gasteiger partial charge in [-0.3, -0.25) is 4.79 Å². The first kappa shape index (κ1) is 13.5. The lowest BCUT2D eigenvalue weighted by atomic mass is 10.0. The van der Waals surface area contributed by atoms with E-state index in [4.69, 9.17) is 11.6 Å².